The first-order valence-electron chi connectivity index (χ1n) is 4.85. The van der Waals surface area contributed by atoms with E-state index >= 15 is 0 Å². The second-order valence-electron chi connectivity index (χ2n) is 3.64. The van der Waals surface area contributed by atoms with Crippen LogP contribution in [0.3, 0.4) is 0 Å². The van der Waals surface area contributed by atoms with Gasteiger partial charge < -0.3 is 0 Å². The fourth-order valence-corrected chi connectivity index (χ4v) is 3.94. The van der Waals surface area contributed by atoms with Gasteiger partial charge in [-0.15, -0.1) is 0 Å². The van der Waals surface area contributed by atoms with Gasteiger partial charge >= 0.3 is 0 Å². The third-order valence-corrected chi connectivity index (χ3v) is 5.02. The maximum absolute atomic E-state index is 13.3. The molecule has 2 rings (SSSR count). The number of benzene rings is 1. The Hall–Kier alpha value is -1.13. The van der Waals surface area contributed by atoms with Crippen LogP contribution < -0.4 is 4.31 Å². The van der Waals surface area contributed by atoms with Crippen LogP contribution in [0.25, 0.3) is 0 Å². The molecule has 1 heterocycles. The Bertz CT molecular complexity index is 609. The van der Waals surface area contributed by atoms with E-state index in [9.17, 15) is 12.8 Å². The maximum atomic E-state index is 13.3. The molecule has 0 N–H and O–H groups in total. The molecule has 7 heteroatoms. The molecule has 90 valence electrons. The molecule has 1 aromatic rings. The highest BCUT2D eigenvalue weighted by molar-refractivity contribution is 9.10. The van der Waals surface area contributed by atoms with E-state index in [1.165, 1.54) is 10.4 Å². The first kappa shape index (κ1) is 12.3. The van der Waals surface area contributed by atoms with Crippen molar-refractivity contribution in [3.05, 3.63) is 28.0 Å². The van der Waals surface area contributed by atoms with Crippen LogP contribution in [0.1, 0.15) is 12.0 Å². The molecule has 1 saturated heterocycles. The van der Waals surface area contributed by atoms with Crippen molar-refractivity contribution in [2.45, 2.75) is 6.42 Å². The predicted molar refractivity (Wildman–Crippen MR) is 64.6 cm³/mol. The Balaban J connectivity index is 2.57. The lowest BCUT2D eigenvalue weighted by molar-refractivity contribution is 0.599. The highest BCUT2D eigenvalue weighted by Crippen LogP contribution is 2.33. The Morgan fingerprint density at radius 2 is 2.18 bits per heavy atom. The summed E-state index contributed by atoms with van der Waals surface area (Å²) in [6.45, 7) is 0.359. The quantitative estimate of drug-likeness (QED) is 0.795. The van der Waals surface area contributed by atoms with Crippen molar-refractivity contribution in [1.82, 2.24) is 0 Å². The highest BCUT2D eigenvalue weighted by atomic mass is 79.9. The van der Waals surface area contributed by atoms with Crippen LogP contribution in [-0.2, 0) is 10.0 Å². The second-order valence-corrected chi connectivity index (χ2v) is 6.50. The second kappa shape index (κ2) is 4.27. The van der Waals surface area contributed by atoms with E-state index in [1.807, 2.05) is 0 Å². The van der Waals surface area contributed by atoms with Crippen LogP contribution in [0.5, 0.6) is 0 Å². The average molecular weight is 319 g/mol. The highest BCUT2D eigenvalue weighted by Gasteiger charge is 2.30. The minimum atomic E-state index is -3.33. The number of nitrogens with zero attached hydrogens (tertiary/aromatic N) is 2. The molecular weight excluding hydrogens is 311 g/mol. The normalized spacial score (nSPS) is 18.1. The number of hydrogen-bond acceptors (Lipinski definition) is 3. The summed E-state index contributed by atoms with van der Waals surface area (Å²) in [5.74, 6) is -0.585. The minimum Gasteiger partial charge on any atom is -0.269 e. The van der Waals surface area contributed by atoms with Crippen LogP contribution >= 0.6 is 15.9 Å². The van der Waals surface area contributed by atoms with Crippen LogP contribution in [0, 0.1) is 17.1 Å². The molecule has 0 spiro atoms. The zero-order valence-corrected chi connectivity index (χ0v) is 11.1. The fourth-order valence-electron chi connectivity index (χ4n) is 1.72. The first-order valence-corrected chi connectivity index (χ1v) is 7.25. The molecule has 0 radical (unpaired) electrons. The van der Waals surface area contributed by atoms with Crippen molar-refractivity contribution < 1.29 is 12.8 Å². The minimum absolute atomic E-state index is 0.0820. The summed E-state index contributed by atoms with van der Waals surface area (Å²) in [5.41, 5.74) is 0.158. The SMILES string of the molecule is N#Cc1cc(N2CCCS2(=O)=O)c(Br)cc1F. The molecular formula is C10H8BrFN2O2S. The first-order chi connectivity index (χ1) is 7.95. The molecule has 0 saturated carbocycles. The molecule has 0 aliphatic carbocycles. The predicted octanol–water partition coefficient (Wildman–Crippen LogP) is 2.00. The van der Waals surface area contributed by atoms with Crippen LogP contribution in [0.2, 0.25) is 0 Å². The Labute approximate surface area is 107 Å². The molecule has 1 aliphatic rings. The van der Waals surface area contributed by atoms with Crippen LogP contribution in [-0.4, -0.2) is 20.7 Å². The van der Waals surface area contributed by atoms with E-state index in [0.717, 1.165) is 6.07 Å². The van der Waals surface area contributed by atoms with E-state index in [4.69, 9.17) is 5.26 Å². The summed E-state index contributed by atoms with van der Waals surface area (Å²) < 4.78 is 38.3. The Kier molecular flexibility index (Phi) is 3.10. The fraction of sp³-hybridized carbons (Fsp3) is 0.300. The molecule has 4 nitrogen and oxygen atoms in total. The molecule has 0 unspecified atom stereocenters. The van der Waals surface area contributed by atoms with Crippen molar-refractivity contribution in [2.24, 2.45) is 0 Å². The number of nitriles is 1. The van der Waals surface area contributed by atoms with E-state index in [-0.39, 0.29) is 11.3 Å². The topological polar surface area (TPSA) is 61.2 Å². The summed E-state index contributed by atoms with van der Waals surface area (Å²) in [6.07, 6.45) is 0.536. The van der Waals surface area contributed by atoms with Crippen molar-refractivity contribution in [1.29, 1.82) is 5.26 Å². The van der Waals surface area contributed by atoms with Gasteiger partial charge in [0.05, 0.1) is 17.0 Å². The standard InChI is InChI=1S/C10H8BrFN2O2S/c11-8-5-9(12)7(6-13)4-10(8)14-2-1-3-17(14,15)16/h4-5H,1-3H2. The lowest BCUT2D eigenvalue weighted by Gasteiger charge is -2.18. The summed E-state index contributed by atoms with van der Waals surface area (Å²) in [5, 5.41) is 8.73. The third-order valence-electron chi connectivity index (χ3n) is 2.52. The van der Waals surface area contributed by atoms with E-state index in [0.29, 0.717) is 23.1 Å². The van der Waals surface area contributed by atoms with Gasteiger partial charge in [-0.2, -0.15) is 5.26 Å². The largest absolute Gasteiger partial charge is 0.269 e. The molecule has 0 aromatic heterocycles. The number of rotatable bonds is 1. The molecule has 0 bridgehead atoms. The van der Waals surface area contributed by atoms with Crippen LogP contribution in [0.4, 0.5) is 10.1 Å². The van der Waals surface area contributed by atoms with Crippen molar-refractivity contribution in [2.75, 3.05) is 16.6 Å². The number of sulfonamides is 1. The zero-order valence-electron chi connectivity index (χ0n) is 8.65. The van der Waals surface area contributed by atoms with Crippen molar-refractivity contribution in [3.8, 4) is 6.07 Å². The van der Waals surface area contributed by atoms with Crippen LogP contribution in [0.15, 0.2) is 16.6 Å². The average Bonchev–Trinajstić information content (AvgIpc) is 2.59. The molecule has 0 atom stereocenters. The molecule has 17 heavy (non-hydrogen) atoms. The molecule has 0 amide bonds. The van der Waals surface area contributed by atoms with E-state index < -0.39 is 15.8 Å². The van der Waals surface area contributed by atoms with Gasteiger partial charge in [0.15, 0.2) is 0 Å². The lowest BCUT2D eigenvalue weighted by Crippen LogP contribution is -2.25. The van der Waals surface area contributed by atoms with Gasteiger partial charge in [0.1, 0.15) is 11.9 Å². The smallest absolute Gasteiger partial charge is 0.235 e. The van der Waals surface area contributed by atoms with Crippen molar-refractivity contribution in [3.63, 3.8) is 0 Å². The monoisotopic (exact) mass is 318 g/mol. The van der Waals surface area contributed by atoms with Gasteiger partial charge in [-0.25, -0.2) is 12.8 Å². The summed E-state index contributed by atoms with van der Waals surface area (Å²) in [4.78, 5) is 0. The van der Waals surface area contributed by atoms with Gasteiger partial charge in [0, 0.05) is 11.0 Å². The van der Waals surface area contributed by atoms with E-state index in [2.05, 4.69) is 15.9 Å². The molecule has 1 fully saturated rings. The summed E-state index contributed by atoms with van der Waals surface area (Å²) >= 11 is 3.12. The van der Waals surface area contributed by atoms with Crippen molar-refractivity contribution >= 4 is 31.6 Å². The zero-order chi connectivity index (χ0) is 12.6. The molecule has 1 aromatic carbocycles. The Morgan fingerprint density at radius 3 is 2.71 bits per heavy atom. The number of anilines is 1. The third kappa shape index (κ3) is 2.15. The maximum Gasteiger partial charge on any atom is 0.235 e. The van der Waals surface area contributed by atoms with Gasteiger partial charge in [-0.3, -0.25) is 4.31 Å². The lowest BCUT2D eigenvalue weighted by atomic mass is 10.2. The summed E-state index contributed by atoms with van der Waals surface area (Å²) in [6, 6.07) is 4.06. The number of hydrogen-bond donors (Lipinski definition) is 0. The molecule has 1 aliphatic heterocycles. The van der Waals surface area contributed by atoms with E-state index in [1.54, 1.807) is 6.07 Å². The summed E-state index contributed by atoms with van der Waals surface area (Å²) in [7, 11) is -3.33. The van der Waals surface area contributed by atoms with Gasteiger partial charge in [0.2, 0.25) is 10.0 Å². The van der Waals surface area contributed by atoms with Gasteiger partial charge in [-0.05, 0) is 34.5 Å². The van der Waals surface area contributed by atoms with Gasteiger partial charge in [-0.1, -0.05) is 0 Å². The Morgan fingerprint density at radius 1 is 1.47 bits per heavy atom. The number of halogens is 2. The van der Waals surface area contributed by atoms with Gasteiger partial charge in [0.25, 0.3) is 0 Å².